The maximum absolute atomic E-state index is 4.69. The van der Waals surface area contributed by atoms with Gasteiger partial charge in [0.1, 0.15) is 0 Å². The SMILES string of the molecule is [Ir].[c-]1cc2c(cc1-c1ccccn1)CC1(C2)c2cc(-c3ccc(-c4ccccc4-c4ccccc4)cc3)ccc2-c2ccc(-c3ccc(-c4ccccc4-c4ccccc4)cc3)cc21.[c-]1ccccc1-c1ccccn1. The molecule has 76 heavy (non-hydrogen) atoms. The van der Waals surface area contributed by atoms with Gasteiger partial charge in [0.05, 0.1) is 0 Å². The molecule has 0 aliphatic heterocycles. The molecule has 2 aliphatic rings. The van der Waals surface area contributed by atoms with Gasteiger partial charge in [0.15, 0.2) is 0 Å². The molecule has 0 fully saturated rings. The molecular weight excluding hydrogens is 1100 g/mol. The molecule has 0 unspecified atom stereocenters. The molecular formula is C73H50IrN2-2. The molecule has 3 heteroatoms. The number of pyridine rings is 2. The van der Waals surface area contributed by atoms with E-state index >= 15 is 0 Å². The summed E-state index contributed by atoms with van der Waals surface area (Å²) in [5.41, 5.74) is 26.9. The number of hydrogen-bond donors (Lipinski definition) is 0. The molecule has 1 radical (unpaired) electrons. The van der Waals surface area contributed by atoms with E-state index in [0.29, 0.717) is 0 Å². The maximum Gasteiger partial charge on any atom is 0.0201 e. The first-order valence-corrected chi connectivity index (χ1v) is 25.8. The van der Waals surface area contributed by atoms with Crippen LogP contribution in [0, 0.1) is 12.1 Å². The Hall–Kier alpha value is -8.85. The van der Waals surface area contributed by atoms with E-state index in [2.05, 4.69) is 240 Å². The van der Waals surface area contributed by atoms with Crippen LogP contribution in [-0.4, -0.2) is 9.97 Å². The molecule has 0 bridgehead atoms. The quantitative estimate of drug-likeness (QED) is 0.142. The van der Waals surface area contributed by atoms with E-state index in [1.807, 2.05) is 54.7 Å². The van der Waals surface area contributed by atoms with Crippen LogP contribution >= 0.6 is 0 Å². The van der Waals surface area contributed by atoms with Crippen molar-refractivity contribution in [3.8, 4) is 100 Å². The van der Waals surface area contributed by atoms with E-state index < -0.39 is 0 Å². The van der Waals surface area contributed by atoms with E-state index in [9.17, 15) is 0 Å². The first-order valence-electron chi connectivity index (χ1n) is 25.8. The van der Waals surface area contributed by atoms with Crippen molar-refractivity contribution < 1.29 is 20.1 Å². The zero-order valence-electron chi connectivity index (χ0n) is 41.7. The van der Waals surface area contributed by atoms with Gasteiger partial charge in [-0.3, -0.25) is 0 Å². The number of rotatable bonds is 8. The van der Waals surface area contributed by atoms with Crippen molar-refractivity contribution in [2.24, 2.45) is 0 Å². The van der Waals surface area contributed by atoms with Crippen LogP contribution in [0.2, 0.25) is 0 Å². The molecule has 0 saturated heterocycles. The molecule has 0 atom stereocenters. The van der Waals surface area contributed by atoms with Crippen molar-refractivity contribution in [1.82, 2.24) is 9.97 Å². The van der Waals surface area contributed by atoms with Crippen LogP contribution in [0.4, 0.5) is 0 Å². The third-order valence-electron chi connectivity index (χ3n) is 15.2. The van der Waals surface area contributed by atoms with E-state index in [1.54, 1.807) is 6.20 Å². The average molecular weight is 1150 g/mol. The minimum atomic E-state index is -0.210. The van der Waals surface area contributed by atoms with Crippen LogP contribution in [0.3, 0.4) is 0 Å². The Morgan fingerprint density at radius 2 is 0.711 bits per heavy atom. The first kappa shape index (κ1) is 48.1. The van der Waals surface area contributed by atoms with Gasteiger partial charge in [-0.2, -0.15) is 0 Å². The van der Waals surface area contributed by atoms with Gasteiger partial charge in [-0.15, -0.1) is 70.8 Å². The van der Waals surface area contributed by atoms with Gasteiger partial charge in [-0.05, 0) is 138 Å². The third-order valence-corrected chi connectivity index (χ3v) is 15.2. The molecule has 0 amide bonds. The van der Waals surface area contributed by atoms with Crippen LogP contribution in [0.5, 0.6) is 0 Å². The summed E-state index contributed by atoms with van der Waals surface area (Å²) in [5.74, 6) is 0. The molecule has 0 N–H and O–H groups in total. The Balaban J connectivity index is 0.000000395. The van der Waals surface area contributed by atoms with Gasteiger partial charge in [0.25, 0.3) is 0 Å². The summed E-state index contributed by atoms with van der Waals surface area (Å²) in [4.78, 5) is 8.90. The normalized spacial score (nSPS) is 12.4. The predicted molar refractivity (Wildman–Crippen MR) is 310 cm³/mol. The van der Waals surface area contributed by atoms with E-state index in [1.165, 1.54) is 100 Å². The molecule has 12 aromatic rings. The van der Waals surface area contributed by atoms with Crippen molar-refractivity contribution >= 4 is 0 Å². The predicted octanol–water partition coefficient (Wildman–Crippen LogP) is 18.2. The fourth-order valence-corrected chi connectivity index (χ4v) is 11.5. The molecule has 10 aromatic carbocycles. The van der Waals surface area contributed by atoms with Crippen molar-refractivity contribution in [3.63, 3.8) is 0 Å². The largest absolute Gasteiger partial charge is 0.305 e. The first-order chi connectivity index (χ1) is 37.1. The summed E-state index contributed by atoms with van der Waals surface area (Å²) in [5, 5.41) is 0. The second-order valence-electron chi connectivity index (χ2n) is 19.5. The molecule has 2 aliphatic carbocycles. The molecule has 363 valence electrons. The Kier molecular flexibility index (Phi) is 13.4. The monoisotopic (exact) mass is 1150 g/mol. The number of hydrogen-bond acceptors (Lipinski definition) is 2. The molecule has 14 rings (SSSR count). The van der Waals surface area contributed by atoms with Gasteiger partial charge in [-0.1, -0.05) is 206 Å². The van der Waals surface area contributed by atoms with E-state index in [-0.39, 0.29) is 25.5 Å². The number of fused-ring (bicyclic) bond motifs is 6. The van der Waals surface area contributed by atoms with Crippen LogP contribution in [0.1, 0.15) is 22.3 Å². The fourth-order valence-electron chi connectivity index (χ4n) is 11.5. The Bertz CT molecular complexity index is 3740. The van der Waals surface area contributed by atoms with Crippen LogP contribution in [-0.2, 0) is 38.4 Å². The number of nitrogens with zero attached hydrogens (tertiary/aromatic N) is 2. The van der Waals surface area contributed by atoms with Crippen molar-refractivity contribution in [2.45, 2.75) is 18.3 Å². The second kappa shape index (κ2) is 21.2. The summed E-state index contributed by atoms with van der Waals surface area (Å²) in [6, 6.07) is 103. The van der Waals surface area contributed by atoms with Crippen molar-refractivity contribution in [3.05, 3.63) is 314 Å². The summed E-state index contributed by atoms with van der Waals surface area (Å²) in [6.45, 7) is 0. The van der Waals surface area contributed by atoms with Gasteiger partial charge in [-0.25, -0.2) is 0 Å². The van der Waals surface area contributed by atoms with E-state index in [0.717, 1.165) is 35.4 Å². The number of benzene rings is 10. The Labute approximate surface area is 459 Å². The van der Waals surface area contributed by atoms with Gasteiger partial charge in [0, 0.05) is 37.9 Å². The van der Waals surface area contributed by atoms with Gasteiger partial charge < -0.3 is 9.97 Å². The van der Waals surface area contributed by atoms with Gasteiger partial charge >= 0.3 is 0 Å². The van der Waals surface area contributed by atoms with Crippen LogP contribution < -0.4 is 0 Å². The standard InChI is InChI=1S/C62H42N.C11H8N.Ir/c1-3-13-44(14-4-1)53-17-7-9-19-55(53)46-26-22-42(23-27-46)48-32-34-57-58-35-33-49(43-24-28-47(29-25-43)56-20-10-8-18-54(56)45-15-5-2-6-16-45)39-60(58)62(59(57)38-48)40-51-31-30-50(37-52(51)41-62)61-21-11-12-36-63-61;1-2-6-10(7-3-1)11-8-4-5-9-12-11;/h1-29,31-39H,40-41H2;1-6,8-9H;/q2*-1;. The van der Waals surface area contributed by atoms with Crippen molar-refractivity contribution in [2.75, 3.05) is 0 Å². The summed E-state index contributed by atoms with van der Waals surface area (Å²) in [7, 11) is 0. The van der Waals surface area contributed by atoms with Crippen LogP contribution in [0.15, 0.2) is 279 Å². The molecule has 2 heterocycles. The summed E-state index contributed by atoms with van der Waals surface area (Å²) < 4.78 is 0. The molecule has 0 saturated carbocycles. The zero-order chi connectivity index (χ0) is 50.0. The average Bonchev–Trinajstić information content (AvgIpc) is 4.16. The van der Waals surface area contributed by atoms with Crippen LogP contribution in [0.25, 0.3) is 100 Å². The Morgan fingerprint density at radius 1 is 0.303 bits per heavy atom. The topological polar surface area (TPSA) is 25.8 Å². The minimum absolute atomic E-state index is 0. The Morgan fingerprint density at radius 3 is 1.17 bits per heavy atom. The maximum atomic E-state index is 4.69. The minimum Gasteiger partial charge on any atom is -0.305 e. The summed E-state index contributed by atoms with van der Waals surface area (Å²) >= 11 is 0. The smallest absolute Gasteiger partial charge is 0.0201 e. The van der Waals surface area contributed by atoms with Crippen molar-refractivity contribution in [1.29, 1.82) is 0 Å². The molecule has 2 aromatic heterocycles. The number of aromatic nitrogens is 2. The molecule has 1 spiro atoms. The summed E-state index contributed by atoms with van der Waals surface area (Å²) in [6.07, 6.45) is 5.51. The third kappa shape index (κ3) is 9.26. The zero-order valence-corrected chi connectivity index (χ0v) is 44.1. The molecule has 2 nitrogen and oxygen atoms in total. The second-order valence-corrected chi connectivity index (χ2v) is 19.5. The van der Waals surface area contributed by atoms with Gasteiger partial charge in [0.2, 0.25) is 0 Å². The van der Waals surface area contributed by atoms with E-state index in [4.69, 9.17) is 0 Å². The fraction of sp³-hybridized carbons (Fsp3) is 0.0411.